The number of nitrogens with one attached hydrogen (secondary N) is 1. The molecule has 0 saturated carbocycles. The Bertz CT molecular complexity index is 350. The first-order valence-corrected chi connectivity index (χ1v) is 5.52. The molecule has 88 valence electrons. The van der Waals surface area contributed by atoms with Gasteiger partial charge >= 0.3 is 0 Å². The van der Waals surface area contributed by atoms with Crippen molar-refractivity contribution in [3.05, 3.63) is 29.8 Å². The Morgan fingerprint density at radius 1 is 1.38 bits per heavy atom. The van der Waals surface area contributed by atoms with Crippen molar-refractivity contribution in [2.75, 3.05) is 13.2 Å². The number of aliphatic imine (C=N–C) groups is 1. The Hall–Kier alpha value is -1.71. The van der Waals surface area contributed by atoms with E-state index in [0.29, 0.717) is 19.1 Å². The molecule has 0 spiro atoms. The lowest BCUT2D eigenvalue weighted by atomic mass is 10.2. The topological polar surface area (TPSA) is 59.6 Å². The second-order valence-corrected chi connectivity index (χ2v) is 3.27. The number of rotatable bonds is 5. The maximum Gasteiger partial charge on any atom is 0.188 e. The molecule has 0 unspecified atom stereocenters. The van der Waals surface area contributed by atoms with Crippen LogP contribution in [-0.4, -0.2) is 19.1 Å². The first kappa shape index (κ1) is 12.4. The van der Waals surface area contributed by atoms with Crippen molar-refractivity contribution >= 4 is 5.96 Å². The van der Waals surface area contributed by atoms with E-state index in [-0.39, 0.29) is 0 Å². The minimum Gasteiger partial charge on any atom is -0.494 e. The lowest BCUT2D eigenvalue weighted by molar-refractivity contribution is 0.336. The van der Waals surface area contributed by atoms with E-state index in [0.717, 1.165) is 17.9 Å². The summed E-state index contributed by atoms with van der Waals surface area (Å²) >= 11 is 0. The van der Waals surface area contributed by atoms with Gasteiger partial charge in [0.05, 0.1) is 13.2 Å². The van der Waals surface area contributed by atoms with Gasteiger partial charge in [-0.1, -0.05) is 18.2 Å². The highest BCUT2D eigenvalue weighted by Gasteiger charge is 2.01. The van der Waals surface area contributed by atoms with Crippen LogP contribution in [0.1, 0.15) is 19.4 Å². The number of benzene rings is 1. The molecule has 0 aliphatic carbocycles. The normalized spacial score (nSPS) is 11.2. The Morgan fingerprint density at radius 2 is 2.12 bits per heavy atom. The molecule has 0 amide bonds. The number of para-hydroxylation sites is 1. The van der Waals surface area contributed by atoms with Crippen LogP contribution in [0.4, 0.5) is 0 Å². The third-order valence-electron chi connectivity index (χ3n) is 2.05. The van der Waals surface area contributed by atoms with Gasteiger partial charge in [-0.2, -0.15) is 0 Å². The molecule has 3 N–H and O–H groups in total. The molecule has 1 rings (SSSR count). The van der Waals surface area contributed by atoms with E-state index in [1.54, 1.807) is 0 Å². The zero-order valence-electron chi connectivity index (χ0n) is 9.86. The van der Waals surface area contributed by atoms with Crippen molar-refractivity contribution in [2.24, 2.45) is 10.7 Å². The summed E-state index contributed by atoms with van der Waals surface area (Å²) in [5.41, 5.74) is 6.70. The maximum atomic E-state index is 5.65. The summed E-state index contributed by atoms with van der Waals surface area (Å²) in [6.45, 7) is 5.92. The van der Waals surface area contributed by atoms with Crippen molar-refractivity contribution < 1.29 is 4.74 Å². The average molecular weight is 221 g/mol. The molecule has 0 aromatic heterocycles. The van der Waals surface area contributed by atoms with E-state index in [2.05, 4.69) is 10.3 Å². The lowest BCUT2D eigenvalue weighted by Crippen LogP contribution is -2.31. The number of guanidine groups is 1. The van der Waals surface area contributed by atoms with Crippen LogP contribution in [0.15, 0.2) is 29.3 Å². The number of hydrogen-bond acceptors (Lipinski definition) is 2. The van der Waals surface area contributed by atoms with Gasteiger partial charge in [-0.15, -0.1) is 0 Å². The van der Waals surface area contributed by atoms with Gasteiger partial charge < -0.3 is 15.8 Å². The van der Waals surface area contributed by atoms with Crippen LogP contribution in [-0.2, 0) is 6.54 Å². The third kappa shape index (κ3) is 3.81. The Labute approximate surface area is 96.5 Å². The van der Waals surface area contributed by atoms with Crippen molar-refractivity contribution in [2.45, 2.75) is 20.4 Å². The van der Waals surface area contributed by atoms with Crippen LogP contribution in [0.25, 0.3) is 0 Å². The van der Waals surface area contributed by atoms with Crippen LogP contribution in [0.5, 0.6) is 5.75 Å². The fraction of sp³-hybridized carbons (Fsp3) is 0.417. The smallest absolute Gasteiger partial charge is 0.188 e. The fourth-order valence-electron chi connectivity index (χ4n) is 1.34. The molecule has 0 aliphatic rings. The van der Waals surface area contributed by atoms with Crippen molar-refractivity contribution in [3.8, 4) is 5.75 Å². The molecule has 0 aliphatic heterocycles. The van der Waals surface area contributed by atoms with E-state index in [9.17, 15) is 0 Å². The van der Waals surface area contributed by atoms with Crippen LogP contribution in [0.2, 0.25) is 0 Å². The van der Waals surface area contributed by atoms with E-state index in [4.69, 9.17) is 10.5 Å². The summed E-state index contributed by atoms with van der Waals surface area (Å²) in [6, 6.07) is 7.86. The standard InChI is InChI=1S/C12H19N3O/c1-3-14-12(13)15-9-10-7-5-6-8-11(10)16-4-2/h5-8H,3-4,9H2,1-2H3,(H3,13,14,15). The Kier molecular flexibility index (Phi) is 5.19. The first-order valence-electron chi connectivity index (χ1n) is 5.52. The molecule has 4 heteroatoms. The molecular weight excluding hydrogens is 202 g/mol. The average Bonchev–Trinajstić information content (AvgIpc) is 2.29. The Morgan fingerprint density at radius 3 is 2.81 bits per heavy atom. The predicted molar refractivity (Wildman–Crippen MR) is 66.6 cm³/mol. The molecule has 1 aromatic rings. The highest BCUT2D eigenvalue weighted by molar-refractivity contribution is 5.77. The summed E-state index contributed by atoms with van der Waals surface area (Å²) in [7, 11) is 0. The van der Waals surface area contributed by atoms with E-state index in [1.165, 1.54) is 0 Å². The number of nitrogens with zero attached hydrogens (tertiary/aromatic N) is 1. The summed E-state index contributed by atoms with van der Waals surface area (Å²) in [5, 5.41) is 2.95. The highest BCUT2D eigenvalue weighted by atomic mass is 16.5. The molecule has 0 atom stereocenters. The molecular formula is C12H19N3O. The van der Waals surface area contributed by atoms with Gasteiger partial charge in [-0.05, 0) is 19.9 Å². The summed E-state index contributed by atoms with van der Waals surface area (Å²) < 4.78 is 5.50. The van der Waals surface area contributed by atoms with Gasteiger partial charge in [0.2, 0.25) is 0 Å². The minimum atomic E-state index is 0.466. The van der Waals surface area contributed by atoms with E-state index in [1.807, 2.05) is 38.1 Å². The van der Waals surface area contributed by atoms with Gasteiger partial charge in [-0.25, -0.2) is 4.99 Å². The lowest BCUT2D eigenvalue weighted by Gasteiger charge is -2.08. The third-order valence-corrected chi connectivity index (χ3v) is 2.05. The van der Waals surface area contributed by atoms with Gasteiger partial charge in [0, 0.05) is 12.1 Å². The fourth-order valence-corrected chi connectivity index (χ4v) is 1.34. The summed E-state index contributed by atoms with van der Waals surface area (Å²) in [6.07, 6.45) is 0. The minimum absolute atomic E-state index is 0.466. The summed E-state index contributed by atoms with van der Waals surface area (Å²) in [4.78, 5) is 4.23. The molecule has 0 radical (unpaired) electrons. The maximum absolute atomic E-state index is 5.65. The summed E-state index contributed by atoms with van der Waals surface area (Å²) in [5.74, 6) is 1.34. The van der Waals surface area contributed by atoms with Gasteiger partial charge in [-0.3, -0.25) is 0 Å². The van der Waals surface area contributed by atoms with Crippen molar-refractivity contribution in [1.29, 1.82) is 0 Å². The zero-order valence-corrected chi connectivity index (χ0v) is 9.86. The molecule has 16 heavy (non-hydrogen) atoms. The van der Waals surface area contributed by atoms with Crippen molar-refractivity contribution in [1.82, 2.24) is 5.32 Å². The van der Waals surface area contributed by atoms with Gasteiger partial charge in [0.25, 0.3) is 0 Å². The Balaban J connectivity index is 2.68. The van der Waals surface area contributed by atoms with Gasteiger partial charge in [0.1, 0.15) is 5.75 Å². The molecule has 0 saturated heterocycles. The van der Waals surface area contributed by atoms with Crippen LogP contribution < -0.4 is 15.8 Å². The second kappa shape index (κ2) is 6.71. The first-order chi connectivity index (χ1) is 7.77. The predicted octanol–water partition coefficient (Wildman–Crippen LogP) is 1.51. The molecule has 0 heterocycles. The second-order valence-electron chi connectivity index (χ2n) is 3.27. The number of hydrogen-bond donors (Lipinski definition) is 2. The van der Waals surface area contributed by atoms with Crippen LogP contribution >= 0.6 is 0 Å². The largest absolute Gasteiger partial charge is 0.494 e. The highest BCUT2D eigenvalue weighted by Crippen LogP contribution is 2.18. The van der Waals surface area contributed by atoms with E-state index >= 15 is 0 Å². The van der Waals surface area contributed by atoms with E-state index < -0.39 is 0 Å². The SMILES string of the molecule is CCNC(N)=NCc1ccccc1OCC. The van der Waals surface area contributed by atoms with Gasteiger partial charge in [0.15, 0.2) is 5.96 Å². The monoisotopic (exact) mass is 221 g/mol. The molecule has 0 fully saturated rings. The molecule has 0 bridgehead atoms. The van der Waals surface area contributed by atoms with Crippen LogP contribution in [0, 0.1) is 0 Å². The van der Waals surface area contributed by atoms with Crippen LogP contribution in [0.3, 0.4) is 0 Å². The number of nitrogens with two attached hydrogens (primary N) is 1. The number of ether oxygens (including phenoxy) is 1. The molecule has 4 nitrogen and oxygen atoms in total. The zero-order chi connectivity index (χ0) is 11.8. The van der Waals surface area contributed by atoms with Crippen molar-refractivity contribution in [3.63, 3.8) is 0 Å². The quantitative estimate of drug-likeness (QED) is 0.585. The molecule has 1 aromatic carbocycles.